The van der Waals surface area contributed by atoms with Gasteiger partial charge in [0.15, 0.2) is 0 Å². The van der Waals surface area contributed by atoms with E-state index in [9.17, 15) is 4.79 Å². The molecule has 0 spiro atoms. The zero-order valence-corrected chi connectivity index (χ0v) is 18.0. The van der Waals surface area contributed by atoms with Crippen LogP contribution in [0.2, 0.25) is 0 Å². The van der Waals surface area contributed by atoms with Crippen LogP contribution in [0.1, 0.15) is 90.0 Å². The van der Waals surface area contributed by atoms with Crippen molar-refractivity contribution in [2.24, 2.45) is 0 Å². The molecule has 1 fully saturated rings. The summed E-state index contributed by atoms with van der Waals surface area (Å²) in [7, 11) is 1.41. The first-order chi connectivity index (χ1) is 13.4. The molecule has 1 aromatic rings. The molecule has 0 aromatic heterocycles. The summed E-state index contributed by atoms with van der Waals surface area (Å²) in [4.78, 5) is 22.6. The Morgan fingerprint density at radius 1 is 0.893 bits per heavy atom. The van der Waals surface area contributed by atoms with Crippen molar-refractivity contribution in [2.75, 3.05) is 7.11 Å². The molecule has 1 aromatic carbocycles. The average molecular weight is 391 g/mol. The molecule has 1 aliphatic heterocycles. The summed E-state index contributed by atoms with van der Waals surface area (Å²) in [6.45, 7) is 4.01. The summed E-state index contributed by atoms with van der Waals surface area (Å²) in [5.74, 6) is -0.251. The van der Waals surface area contributed by atoms with Crippen LogP contribution in [0.5, 0.6) is 0 Å². The lowest BCUT2D eigenvalue weighted by atomic mass is 9.85. The Morgan fingerprint density at radius 2 is 1.46 bits per heavy atom. The first-order valence-electron chi connectivity index (χ1n) is 10.9. The SMILES string of the molecule is COC(=O)C[C@@]1(C)C[C@](C)(CCCCCCCCCCc2ccccc2)OO1. The van der Waals surface area contributed by atoms with E-state index in [-0.39, 0.29) is 18.0 Å². The van der Waals surface area contributed by atoms with Crippen molar-refractivity contribution in [1.29, 1.82) is 0 Å². The van der Waals surface area contributed by atoms with Crippen molar-refractivity contribution >= 4 is 5.97 Å². The first-order valence-corrected chi connectivity index (χ1v) is 10.9. The number of carbonyl (C=O) groups is 1. The lowest BCUT2D eigenvalue weighted by molar-refractivity contribution is -0.345. The summed E-state index contributed by atoms with van der Waals surface area (Å²) in [5, 5.41) is 0. The molecule has 0 N–H and O–H groups in total. The van der Waals surface area contributed by atoms with Crippen LogP contribution in [-0.2, 0) is 25.7 Å². The highest BCUT2D eigenvalue weighted by Crippen LogP contribution is 2.41. The molecule has 1 heterocycles. The molecular weight excluding hydrogens is 352 g/mol. The maximum absolute atomic E-state index is 11.5. The summed E-state index contributed by atoms with van der Waals surface area (Å²) < 4.78 is 4.75. The second-order valence-electron chi connectivity index (χ2n) is 8.81. The molecule has 4 heteroatoms. The van der Waals surface area contributed by atoms with Crippen LogP contribution in [0.4, 0.5) is 0 Å². The lowest BCUT2D eigenvalue weighted by Crippen LogP contribution is -2.31. The molecule has 0 unspecified atom stereocenters. The number of unbranched alkanes of at least 4 members (excludes halogenated alkanes) is 7. The molecule has 0 saturated carbocycles. The summed E-state index contributed by atoms with van der Waals surface area (Å²) >= 11 is 0. The van der Waals surface area contributed by atoms with Gasteiger partial charge in [0, 0.05) is 6.42 Å². The number of esters is 1. The third kappa shape index (κ3) is 8.32. The quantitative estimate of drug-likeness (QED) is 0.229. The van der Waals surface area contributed by atoms with Crippen molar-refractivity contribution in [3.05, 3.63) is 35.9 Å². The normalized spacial score (nSPS) is 24.4. The van der Waals surface area contributed by atoms with Gasteiger partial charge in [0.25, 0.3) is 0 Å². The van der Waals surface area contributed by atoms with Crippen LogP contribution in [0.25, 0.3) is 0 Å². The Hall–Kier alpha value is -1.39. The minimum Gasteiger partial charge on any atom is -0.469 e. The number of benzene rings is 1. The largest absolute Gasteiger partial charge is 0.469 e. The highest BCUT2D eigenvalue weighted by molar-refractivity contribution is 5.70. The van der Waals surface area contributed by atoms with E-state index < -0.39 is 5.60 Å². The average Bonchev–Trinajstić information content (AvgIpc) is 2.98. The fourth-order valence-corrected chi connectivity index (χ4v) is 4.18. The molecule has 158 valence electrons. The van der Waals surface area contributed by atoms with Crippen molar-refractivity contribution in [1.82, 2.24) is 0 Å². The first kappa shape index (κ1) is 22.9. The van der Waals surface area contributed by atoms with Gasteiger partial charge in [0.2, 0.25) is 0 Å². The zero-order valence-electron chi connectivity index (χ0n) is 18.0. The molecule has 1 aliphatic rings. The predicted molar refractivity (Wildman–Crippen MR) is 112 cm³/mol. The second-order valence-corrected chi connectivity index (χ2v) is 8.81. The van der Waals surface area contributed by atoms with Gasteiger partial charge in [-0.15, -0.1) is 0 Å². The zero-order chi connectivity index (χ0) is 20.3. The fraction of sp³-hybridized carbons (Fsp3) is 0.708. The summed E-state index contributed by atoms with van der Waals surface area (Å²) in [6, 6.07) is 10.8. The Kier molecular flexibility index (Phi) is 9.46. The topological polar surface area (TPSA) is 44.8 Å². The number of carbonyl (C=O) groups excluding carboxylic acids is 1. The van der Waals surface area contributed by atoms with Gasteiger partial charge < -0.3 is 4.74 Å². The van der Waals surface area contributed by atoms with E-state index in [0.717, 1.165) is 19.3 Å². The van der Waals surface area contributed by atoms with Gasteiger partial charge in [-0.05, 0) is 38.7 Å². The molecule has 1 saturated heterocycles. The Balaban J connectivity index is 1.46. The van der Waals surface area contributed by atoms with Crippen LogP contribution in [0, 0.1) is 0 Å². The van der Waals surface area contributed by atoms with Crippen LogP contribution < -0.4 is 0 Å². The maximum Gasteiger partial charge on any atom is 0.308 e. The van der Waals surface area contributed by atoms with Crippen LogP contribution in [0.15, 0.2) is 30.3 Å². The molecule has 0 radical (unpaired) electrons. The highest BCUT2D eigenvalue weighted by atomic mass is 17.2. The molecular formula is C24H38O4. The molecule has 2 rings (SSSR count). The van der Waals surface area contributed by atoms with Gasteiger partial charge in [0.05, 0.1) is 13.5 Å². The molecule has 0 amide bonds. The molecule has 0 aliphatic carbocycles. The molecule has 0 bridgehead atoms. The van der Waals surface area contributed by atoms with Crippen molar-refractivity contribution < 1.29 is 19.3 Å². The van der Waals surface area contributed by atoms with E-state index in [2.05, 4.69) is 37.3 Å². The summed E-state index contributed by atoms with van der Waals surface area (Å²) in [5.41, 5.74) is 0.596. The predicted octanol–water partition coefficient (Wildman–Crippen LogP) is 6.17. The van der Waals surface area contributed by atoms with Crippen molar-refractivity contribution in [3.63, 3.8) is 0 Å². The van der Waals surface area contributed by atoms with E-state index >= 15 is 0 Å². The van der Waals surface area contributed by atoms with Crippen LogP contribution >= 0.6 is 0 Å². The number of rotatable bonds is 13. The number of hydrogen-bond donors (Lipinski definition) is 0. The van der Waals surface area contributed by atoms with Crippen molar-refractivity contribution in [3.8, 4) is 0 Å². The van der Waals surface area contributed by atoms with E-state index in [1.807, 2.05) is 6.92 Å². The third-order valence-electron chi connectivity index (χ3n) is 5.70. The minimum atomic E-state index is -0.568. The Bertz CT molecular complexity index is 573. The maximum atomic E-state index is 11.5. The van der Waals surface area contributed by atoms with Gasteiger partial charge >= 0.3 is 5.97 Å². The monoisotopic (exact) mass is 390 g/mol. The smallest absolute Gasteiger partial charge is 0.308 e. The Labute approximate surface area is 170 Å². The summed E-state index contributed by atoms with van der Waals surface area (Å²) in [6.07, 6.45) is 13.4. The highest BCUT2D eigenvalue weighted by Gasteiger charge is 2.47. The van der Waals surface area contributed by atoms with Crippen LogP contribution in [0.3, 0.4) is 0 Å². The van der Waals surface area contributed by atoms with Gasteiger partial charge in [-0.25, -0.2) is 9.78 Å². The second kappa shape index (κ2) is 11.6. The third-order valence-corrected chi connectivity index (χ3v) is 5.70. The van der Waals surface area contributed by atoms with Gasteiger partial charge in [-0.1, -0.05) is 75.3 Å². The molecule has 4 nitrogen and oxygen atoms in total. The van der Waals surface area contributed by atoms with E-state index in [1.165, 1.54) is 64.0 Å². The van der Waals surface area contributed by atoms with E-state index in [4.69, 9.17) is 14.5 Å². The van der Waals surface area contributed by atoms with E-state index in [1.54, 1.807) is 0 Å². The number of hydrogen-bond acceptors (Lipinski definition) is 4. The van der Waals surface area contributed by atoms with Gasteiger partial charge in [-0.3, -0.25) is 4.79 Å². The van der Waals surface area contributed by atoms with E-state index in [0.29, 0.717) is 0 Å². The van der Waals surface area contributed by atoms with Crippen LogP contribution in [-0.4, -0.2) is 24.3 Å². The lowest BCUT2D eigenvalue weighted by Gasteiger charge is -2.22. The van der Waals surface area contributed by atoms with Crippen molar-refractivity contribution in [2.45, 2.75) is 102 Å². The molecule has 28 heavy (non-hydrogen) atoms. The molecule has 2 atom stereocenters. The van der Waals surface area contributed by atoms with Gasteiger partial charge in [-0.2, -0.15) is 0 Å². The minimum absolute atomic E-state index is 0.239. The van der Waals surface area contributed by atoms with Gasteiger partial charge in [0.1, 0.15) is 11.2 Å². The standard InChI is InChI=1S/C24H38O4/c1-23(20-24(2,28-27-23)19-22(25)26-3)18-14-9-7-5-4-6-8-11-15-21-16-12-10-13-17-21/h10,12-13,16-17H,4-9,11,14-15,18-20H2,1-3H3/t23-,24-/m0/s1. The number of ether oxygens (including phenoxy) is 1. The fourth-order valence-electron chi connectivity index (χ4n) is 4.18. The Morgan fingerprint density at radius 3 is 2.11 bits per heavy atom. The number of methoxy groups -OCH3 is 1. The number of aryl methyl sites for hydroxylation is 1.